The van der Waals surface area contributed by atoms with Gasteiger partial charge in [0.15, 0.2) is 0 Å². The smallest absolute Gasteiger partial charge is 0.255 e. The van der Waals surface area contributed by atoms with Crippen LogP contribution >= 0.6 is 0 Å². The topological polar surface area (TPSA) is 71.5 Å². The number of nitrogens with one attached hydrogen (secondary N) is 1. The lowest BCUT2D eigenvalue weighted by Gasteiger charge is -2.22. The van der Waals surface area contributed by atoms with Crippen molar-refractivity contribution in [2.45, 2.75) is 26.8 Å². The van der Waals surface area contributed by atoms with Crippen molar-refractivity contribution < 1.29 is 14.3 Å². The number of rotatable bonds is 7. The molecule has 1 N–H and O–H groups in total. The maximum atomic E-state index is 13.6. The lowest BCUT2D eigenvalue weighted by atomic mass is 10.0. The normalized spacial score (nSPS) is 11.1. The Bertz CT molecular complexity index is 1360. The molecular weight excluding hydrogens is 426 g/mol. The van der Waals surface area contributed by atoms with Crippen LogP contribution in [0, 0.1) is 0 Å². The van der Waals surface area contributed by atoms with E-state index in [1.165, 1.54) is 0 Å². The summed E-state index contributed by atoms with van der Waals surface area (Å²) in [6, 6.07) is 21.5. The van der Waals surface area contributed by atoms with Gasteiger partial charge in [-0.2, -0.15) is 0 Å². The number of amides is 2. The predicted molar refractivity (Wildman–Crippen MR) is 136 cm³/mol. The molecule has 0 bridgehead atoms. The largest absolute Gasteiger partial charge is 0.497 e. The quantitative estimate of drug-likeness (QED) is 0.423. The molecule has 1 aromatic heterocycles. The zero-order chi connectivity index (χ0) is 24.2. The van der Waals surface area contributed by atoms with E-state index in [1.54, 1.807) is 12.0 Å². The number of likely N-dealkylation sites (N-methyl/N-ethyl adjacent to an activating group) is 1. The zero-order valence-electron chi connectivity index (χ0n) is 20.0. The SMILES string of the molecule is CCN(CC(=O)NC(C)C)C(=O)c1cc(-c2ccc3cc(OC)ccc3c2)nc2ccccc12. The second-order valence-corrected chi connectivity index (χ2v) is 8.54. The summed E-state index contributed by atoms with van der Waals surface area (Å²) < 4.78 is 5.33. The molecule has 0 saturated carbocycles. The number of fused-ring (bicyclic) bond motifs is 2. The van der Waals surface area contributed by atoms with Crippen molar-refractivity contribution in [1.82, 2.24) is 15.2 Å². The number of pyridine rings is 1. The molecular formula is C28H29N3O3. The molecule has 0 unspecified atom stereocenters. The number of hydrogen-bond acceptors (Lipinski definition) is 4. The molecule has 0 atom stereocenters. The van der Waals surface area contributed by atoms with Crippen molar-refractivity contribution in [3.8, 4) is 17.0 Å². The van der Waals surface area contributed by atoms with Crippen LogP contribution in [-0.4, -0.2) is 47.9 Å². The van der Waals surface area contributed by atoms with E-state index in [4.69, 9.17) is 9.72 Å². The van der Waals surface area contributed by atoms with Gasteiger partial charge in [0.2, 0.25) is 5.91 Å². The Morgan fingerprint density at radius 1 is 1.00 bits per heavy atom. The van der Waals surface area contributed by atoms with Crippen molar-refractivity contribution in [2.75, 3.05) is 20.2 Å². The predicted octanol–water partition coefficient (Wildman–Crippen LogP) is 5.05. The second-order valence-electron chi connectivity index (χ2n) is 8.54. The summed E-state index contributed by atoms with van der Waals surface area (Å²) in [4.78, 5) is 32.3. The van der Waals surface area contributed by atoms with Crippen LogP contribution in [0.3, 0.4) is 0 Å². The molecule has 34 heavy (non-hydrogen) atoms. The van der Waals surface area contributed by atoms with Gasteiger partial charge in [0.05, 0.1) is 30.4 Å². The molecule has 174 valence electrons. The van der Waals surface area contributed by atoms with Crippen LogP contribution in [0.15, 0.2) is 66.7 Å². The third kappa shape index (κ3) is 4.86. The minimum Gasteiger partial charge on any atom is -0.497 e. The van der Waals surface area contributed by atoms with Crippen LogP contribution in [0.25, 0.3) is 32.9 Å². The average molecular weight is 456 g/mol. The molecule has 6 heteroatoms. The van der Waals surface area contributed by atoms with Crippen LogP contribution in [0.2, 0.25) is 0 Å². The second kappa shape index (κ2) is 9.91. The van der Waals surface area contributed by atoms with Crippen LogP contribution in [0.1, 0.15) is 31.1 Å². The Hall–Kier alpha value is -3.93. The van der Waals surface area contributed by atoms with E-state index in [0.29, 0.717) is 17.8 Å². The Morgan fingerprint density at radius 2 is 1.74 bits per heavy atom. The third-order valence-electron chi connectivity index (χ3n) is 5.74. The standard InChI is InChI=1S/C28H29N3O3/c1-5-31(17-27(32)29-18(2)3)28(33)24-16-26(30-25-9-7-6-8-23(24)25)21-11-10-20-15-22(34-4)13-12-19(20)14-21/h6-16,18H,5,17H2,1-4H3,(H,29,32). The molecule has 6 nitrogen and oxygen atoms in total. The van der Waals surface area contributed by atoms with E-state index in [2.05, 4.69) is 11.4 Å². The van der Waals surface area contributed by atoms with Crippen LogP contribution in [0.4, 0.5) is 0 Å². The minimum atomic E-state index is -0.188. The number of ether oxygens (including phenoxy) is 1. The van der Waals surface area contributed by atoms with Crippen LogP contribution < -0.4 is 10.1 Å². The highest BCUT2D eigenvalue weighted by molar-refractivity contribution is 6.08. The maximum absolute atomic E-state index is 13.6. The molecule has 0 saturated heterocycles. The van der Waals surface area contributed by atoms with Gasteiger partial charge < -0.3 is 15.0 Å². The van der Waals surface area contributed by atoms with E-state index >= 15 is 0 Å². The monoisotopic (exact) mass is 455 g/mol. The van der Waals surface area contributed by atoms with Gasteiger partial charge in [-0.05, 0) is 61.9 Å². The van der Waals surface area contributed by atoms with Gasteiger partial charge in [0.1, 0.15) is 5.75 Å². The maximum Gasteiger partial charge on any atom is 0.255 e. The van der Waals surface area contributed by atoms with Crippen molar-refractivity contribution in [3.05, 3.63) is 72.3 Å². The fraction of sp³-hybridized carbons (Fsp3) is 0.250. The molecule has 4 aromatic rings. The average Bonchev–Trinajstić information content (AvgIpc) is 2.85. The molecule has 0 aliphatic rings. The van der Waals surface area contributed by atoms with Crippen LogP contribution in [-0.2, 0) is 4.79 Å². The highest BCUT2D eigenvalue weighted by Gasteiger charge is 2.21. The first-order valence-corrected chi connectivity index (χ1v) is 11.5. The van der Waals surface area contributed by atoms with E-state index < -0.39 is 0 Å². The molecule has 4 rings (SSSR count). The molecule has 0 spiro atoms. The molecule has 3 aromatic carbocycles. The number of carbonyl (C=O) groups excluding carboxylic acids is 2. The van der Waals surface area contributed by atoms with Gasteiger partial charge in [-0.15, -0.1) is 0 Å². The lowest BCUT2D eigenvalue weighted by molar-refractivity contribution is -0.122. The number of carbonyl (C=O) groups is 2. The molecule has 0 fully saturated rings. The highest BCUT2D eigenvalue weighted by atomic mass is 16.5. The van der Waals surface area contributed by atoms with Gasteiger partial charge in [0.25, 0.3) is 5.91 Å². The summed E-state index contributed by atoms with van der Waals surface area (Å²) in [7, 11) is 1.65. The summed E-state index contributed by atoms with van der Waals surface area (Å²) in [6.07, 6.45) is 0. The fourth-order valence-corrected chi connectivity index (χ4v) is 4.05. The Morgan fingerprint density at radius 3 is 2.47 bits per heavy atom. The molecule has 2 amide bonds. The Labute approximate surface area is 199 Å². The lowest BCUT2D eigenvalue weighted by Crippen LogP contribution is -2.42. The van der Waals surface area contributed by atoms with Crippen molar-refractivity contribution >= 4 is 33.5 Å². The van der Waals surface area contributed by atoms with E-state index in [1.807, 2.05) is 81.4 Å². The number of aromatic nitrogens is 1. The summed E-state index contributed by atoms with van der Waals surface area (Å²) >= 11 is 0. The highest BCUT2D eigenvalue weighted by Crippen LogP contribution is 2.29. The van der Waals surface area contributed by atoms with Gasteiger partial charge in [-0.1, -0.05) is 36.4 Å². The summed E-state index contributed by atoms with van der Waals surface area (Å²) in [5.74, 6) is 0.443. The number of benzene rings is 3. The minimum absolute atomic E-state index is 0.0112. The molecule has 1 heterocycles. The first-order chi connectivity index (χ1) is 16.4. The summed E-state index contributed by atoms with van der Waals surface area (Å²) in [6.45, 7) is 6.12. The van der Waals surface area contributed by atoms with Crippen LogP contribution in [0.5, 0.6) is 5.75 Å². The van der Waals surface area contributed by atoms with Gasteiger partial charge >= 0.3 is 0 Å². The molecule has 0 aliphatic carbocycles. The zero-order valence-corrected chi connectivity index (χ0v) is 20.0. The number of nitrogens with zero attached hydrogens (tertiary/aromatic N) is 2. The van der Waals surface area contributed by atoms with E-state index in [9.17, 15) is 9.59 Å². The van der Waals surface area contributed by atoms with E-state index in [0.717, 1.165) is 33.0 Å². The molecule has 0 aliphatic heterocycles. The first kappa shape index (κ1) is 23.2. The molecule has 0 radical (unpaired) electrons. The fourth-order valence-electron chi connectivity index (χ4n) is 4.05. The van der Waals surface area contributed by atoms with E-state index in [-0.39, 0.29) is 24.4 Å². The first-order valence-electron chi connectivity index (χ1n) is 11.5. The third-order valence-corrected chi connectivity index (χ3v) is 5.74. The summed E-state index contributed by atoms with van der Waals surface area (Å²) in [5, 5.41) is 5.75. The Balaban J connectivity index is 1.77. The summed E-state index contributed by atoms with van der Waals surface area (Å²) in [5.41, 5.74) is 2.90. The number of hydrogen-bond donors (Lipinski definition) is 1. The van der Waals surface area contributed by atoms with Crippen molar-refractivity contribution in [1.29, 1.82) is 0 Å². The Kier molecular flexibility index (Phi) is 6.77. The van der Waals surface area contributed by atoms with Crippen molar-refractivity contribution in [3.63, 3.8) is 0 Å². The van der Waals surface area contributed by atoms with Gasteiger partial charge in [0, 0.05) is 23.5 Å². The van der Waals surface area contributed by atoms with Gasteiger partial charge in [-0.3, -0.25) is 9.59 Å². The number of para-hydroxylation sites is 1. The number of methoxy groups -OCH3 is 1. The van der Waals surface area contributed by atoms with Crippen molar-refractivity contribution in [2.24, 2.45) is 0 Å². The van der Waals surface area contributed by atoms with Gasteiger partial charge in [-0.25, -0.2) is 4.98 Å².